The molecule has 1 heterocycles. The molecule has 0 aliphatic heterocycles. The highest BCUT2D eigenvalue weighted by molar-refractivity contribution is 8.00. The third-order valence-corrected chi connectivity index (χ3v) is 7.34. The van der Waals surface area contributed by atoms with Crippen LogP contribution in [0.1, 0.15) is 21.5 Å². The summed E-state index contributed by atoms with van der Waals surface area (Å²) in [6.45, 7) is 0. The average molecular weight is 616 g/mol. The number of rotatable bonds is 9. The second-order valence-electron chi connectivity index (χ2n) is 8.44. The van der Waals surface area contributed by atoms with Crippen LogP contribution >= 0.6 is 34.7 Å². The number of carbonyl (C=O) groups excluding carboxylic acids is 3. The van der Waals surface area contributed by atoms with Gasteiger partial charge in [0.25, 0.3) is 11.8 Å². The van der Waals surface area contributed by atoms with Gasteiger partial charge in [-0.25, -0.2) is 0 Å². The third kappa shape index (κ3) is 8.71. The van der Waals surface area contributed by atoms with E-state index in [4.69, 9.17) is 11.6 Å². The minimum absolute atomic E-state index is 0.0260. The Morgan fingerprint density at radius 2 is 1.71 bits per heavy atom. The Kier molecular flexibility index (Phi) is 9.87. The van der Waals surface area contributed by atoms with E-state index in [1.54, 1.807) is 66.7 Å². The van der Waals surface area contributed by atoms with E-state index >= 15 is 0 Å². The van der Waals surface area contributed by atoms with Crippen molar-refractivity contribution in [2.75, 3.05) is 16.4 Å². The fraction of sp³-hybridized carbons (Fsp3) is 0.0690. The molecule has 0 atom stereocenters. The van der Waals surface area contributed by atoms with Crippen molar-refractivity contribution in [2.45, 2.75) is 11.1 Å². The van der Waals surface area contributed by atoms with Gasteiger partial charge in [0.1, 0.15) is 5.70 Å². The van der Waals surface area contributed by atoms with Crippen molar-refractivity contribution in [3.63, 3.8) is 0 Å². The van der Waals surface area contributed by atoms with Gasteiger partial charge in [-0.05, 0) is 77.0 Å². The van der Waals surface area contributed by atoms with E-state index in [0.29, 0.717) is 16.1 Å². The maximum absolute atomic E-state index is 13.3. The fourth-order valence-corrected chi connectivity index (χ4v) is 5.07. The molecule has 0 bridgehead atoms. The highest BCUT2D eigenvalue weighted by Gasteiger charge is 2.34. The van der Waals surface area contributed by atoms with Gasteiger partial charge in [0.05, 0.1) is 17.0 Å². The summed E-state index contributed by atoms with van der Waals surface area (Å²) >= 11 is 8.20. The normalized spacial score (nSPS) is 11.6. The minimum Gasteiger partial charge on any atom is -0.325 e. The van der Waals surface area contributed by atoms with Crippen LogP contribution in [0.3, 0.4) is 0 Å². The molecule has 1 aromatic heterocycles. The minimum atomic E-state index is -4.69. The Balaban J connectivity index is 1.42. The molecule has 0 aliphatic rings. The quantitative estimate of drug-likeness (QED) is 0.134. The standard InChI is InChI=1S/C29H21ClF3N3O3S2/c30-20-9-10-24(23(14-20)29(31,32)33)35-26(37)17-41-22-8-4-7-21(15-22)34-28(39)25(13-18-11-12-40-16-18)36-27(38)19-5-2-1-3-6-19/h1-16H,17H2,(H,34,39)(H,35,37)(H,36,38)/b25-13-. The van der Waals surface area contributed by atoms with Crippen LogP contribution in [0, 0.1) is 0 Å². The van der Waals surface area contributed by atoms with Crippen LogP contribution in [0.15, 0.2) is 100 Å². The molecule has 3 aromatic carbocycles. The second kappa shape index (κ2) is 13.5. The van der Waals surface area contributed by atoms with Crippen molar-refractivity contribution in [2.24, 2.45) is 0 Å². The van der Waals surface area contributed by atoms with Crippen LogP contribution in [-0.4, -0.2) is 23.5 Å². The van der Waals surface area contributed by atoms with Crippen LogP contribution in [0.5, 0.6) is 0 Å². The molecule has 41 heavy (non-hydrogen) atoms. The first-order chi connectivity index (χ1) is 19.6. The van der Waals surface area contributed by atoms with Crippen molar-refractivity contribution < 1.29 is 27.6 Å². The van der Waals surface area contributed by atoms with E-state index in [9.17, 15) is 27.6 Å². The second-order valence-corrected chi connectivity index (χ2v) is 10.7. The molecule has 0 saturated carbocycles. The predicted molar refractivity (Wildman–Crippen MR) is 157 cm³/mol. The molecule has 4 rings (SSSR count). The first-order valence-electron chi connectivity index (χ1n) is 11.9. The highest BCUT2D eigenvalue weighted by Crippen LogP contribution is 2.36. The number of thioether (sulfide) groups is 1. The van der Waals surface area contributed by atoms with Crippen LogP contribution in [-0.2, 0) is 15.8 Å². The first-order valence-corrected chi connectivity index (χ1v) is 14.2. The van der Waals surface area contributed by atoms with E-state index in [0.717, 1.165) is 29.5 Å². The Morgan fingerprint density at radius 3 is 2.41 bits per heavy atom. The van der Waals surface area contributed by atoms with E-state index in [2.05, 4.69) is 16.0 Å². The van der Waals surface area contributed by atoms with E-state index in [1.807, 2.05) is 10.8 Å². The molecule has 0 saturated heterocycles. The van der Waals surface area contributed by atoms with Gasteiger partial charge in [-0.15, -0.1) is 11.8 Å². The summed E-state index contributed by atoms with van der Waals surface area (Å²) < 4.78 is 40.0. The van der Waals surface area contributed by atoms with Gasteiger partial charge in [0, 0.05) is 21.2 Å². The van der Waals surface area contributed by atoms with Crippen LogP contribution in [0.4, 0.5) is 24.5 Å². The van der Waals surface area contributed by atoms with Crippen LogP contribution < -0.4 is 16.0 Å². The number of anilines is 2. The fourth-order valence-electron chi connectivity index (χ4n) is 3.52. The molecular weight excluding hydrogens is 595 g/mol. The van der Waals surface area contributed by atoms with Crippen LogP contribution in [0.2, 0.25) is 5.02 Å². The molecule has 0 spiro atoms. The summed E-state index contributed by atoms with van der Waals surface area (Å²) in [4.78, 5) is 38.9. The zero-order valence-corrected chi connectivity index (χ0v) is 23.4. The Morgan fingerprint density at radius 1 is 0.927 bits per heavy atom. The number of alkyl halides is 3. The van der Waals surface area contributed by atoms with Gasteiger partial charge in [0.15, 0.2) is 0 Å². The van der Waals surface area contributed by atoms with Gasteiger partial charge in [-0.3, -0.25) is 14.4 Å². The van der Waals surface area contributed by atoms with E-state index < -0.39 is 35.1 Å². The molecule has 0 unspecified atom stereocenters. The number of benzene rings is 3. The largest absolute Gasteiger partial charge is 0.418 e. The van der Waals surface area contributed by atoms with Crippen molar-refractivity contribution in [1.29, 1.82) is 0 Å². The van der Waals surface area contributed by atoms with Crippen LogP contribution in [0.25, 0.3) is 6.08 Å². The Hall–Kier alpha value is -4.06. The molecule has 3 amide bonds. The summed E-state index contributed by atoms with van der Waals surface area (Å²) in [6, 6.07) is 20.0. The summed E-state index contributed by atoms with van der Waals surface area (Å²) in [5.74, 6) is -1.86. The SMILES string of the molecule is O=C(CSc1cccc(NC(=O)/C(=C/c2ccsc2)NC(=O)c2ccccc2)c1)Nc1ccc(Cl)cc1C(F)(F)F. The van der Waals surface area contributed by atoms with Gasteiger partial charge in [-0.2, -0.15) is 24.5 Å². The molecule has 0 fully saturated rings. The number of amides is 3. The molecular formula is C29H21ClF3N3O3S2. The number of hydrogen-bond donors (Lipinski definition) is 3. The number of nitrogens with one attached hydrogen (secondary N) is 3. The first kappa shape index (κ1) is 29.9. The lowest BCUT2D eigenvalue weighted by Crippen LogP contribution is -2.30. The third-order valence-electron chi connectivity index (χ3n) is 5.41. The van der Waals surface area contributed by atoms with Crippen molar-refractivity contribution >= 4 is 69.9 Å². The van der Waals surface area contributed by atoms with Gasteiger partial charge >= 0.3 is 6.18 Å². The molecule has 3 N–H and O–H groups in total. The van der Waals surface area contributed by atoms with E-state index in [1.165, 1.54) is 17.4 Å². The maximum atomic E-state index is 13.3. The highest BCUT2D eigenvalue weighted by atomic mass is 35.5. The number of thiophene rings is 1. The summed E-state index contributed by atoms with van der Waals surface area (Å²) in [6.07, 6.45) is -3.13. The maximum Gasteiger partial charge on any atom is 0.418 e. The number of halogens is 4. The Bertz CT molecular complexity index is 1580. The summed E-state index contributed by atoms with van der Waals surface area (Å²) in [7, 11) is 0. The van der Waals surface area contributed by atoms with Gasteiger partial charge < -0.3 is 16.0 Å². The summed E-state index contributed by atoms with van der Waals surface area (Å²) in [5, 5.41) is 11.2. The Labute approximate surface area is 246 Å². The summed E-state index contributed by atoms with van der Waals surface area (Å²) in [5.41, 5.74) is 0.0999. The van der Waals surface area contributed by atoms with Gasteiger partial charge in [0.2, 0.25) is 5.91 Å². The zero-order valence-electron chi connectivity index (χ0n) is 21.0. The van der Waals surface area contributed by atoms with Gasteiger partial charge in [-0.1, -0.05) is 35.9 Å². The number of hydrogen-bond acceptors (Lipinski definition) is 5. The monoisotopic (exact) mass is 615 g/mol. The average Bonchev–Trinajstić information content (AvgIpc) is 3.46. The molecule has 4 aromatic rings. The number of carbonyl (C=O) groups is 3. The predicted octanol–water partition coefficient (Wildman–Crippen LogP) is 7.56. The topological polar surface area (TPSA) is 87.3 Å². The van der Waals surface area contributed by atoms with E-state index in [-0.39, 0.29) is 16.5 Å². The lowest BCUT2D eigenvalue weighted by Gasteiger charge is -2.14. The van der Waals surface area contributed by atoms with Crippen molar-refractivity contribution in [3.05, 3.63) is 117 Å². The lowest BCUT2D eigenvalue weighted by molar-refractivity contribution is -0.137. The van der Waals surface area contributed by atoms with Crippen molar-refractivity contribution in [3.8, 4) is 0 Å². The molecule has 12 heteroatoms. The van der Waals surface area contributed by atoms with Crippen molar-refractivity contribution in [1.82, 2.24) is 5.32 Å². The molecule has 0 aliphatic carbocycles. The molecule has 6 nitrogen and oxygen atoms in total. The lowest BCUT2D eigenvalue weighted by atomic mass is 10.1. The smallest absolute Gasteiger partial charge is 0.325 e. The molecule has 0 radical (unpaired) electrons. The zero-order chi connectivity index (χ0) is 29.4. The molecule has 210 valence electrons.